The van der Waals surface area contributed by atoms with Crippen molar-refractivity contribution in [2.24, 2.45) is 5.92 Å². The molecule has 2 aromatic carbocycles. The Kier molecular flexibility index (Phi) is 6.69. The third-order valence-electron chi connectivity index (χ3n) is 11.4. The van der Waals surface area contributed by atoms with Gasteiger partial charge in [-0.2, -0.15) is 9.97 Å². The fourth-order valence-electron chi connectivity index (χ4n) is 9.08. The topological polar surface area (TPSA) is 86.6 Å². The van der Waals surface area contributed by atoms with E-state index in [-0.39, 0.29) is 63.2 Å². The number of hydrogen-bond donors (Lipinski definition) is 2. The summed E-state index contributed by atoms with van der Waals surface area (Å²) in [5.74, 6) is 2.03. The molecule has 5 fully saturated rings. The summed E-state index contributed by atoms with van der Waals surface area (Å²) in [6.45, 7) is 3.10. The Bertz CT molecular complexity index is 2080. The minimum absolute atomic E-state index is 0.00837. The number of aromatic nitrogens is 3. The second-order valence-corrected chi connectivity index (χ2v) is 14.3. The van der Waals surface area contributed by atoms with Crippen LogP contribution in [0.2, 0.25) is 0 Å². The zero-order valence-corrected chi connectivity index (χ0v) is 26.4. The van der Waals surface area contributed by atoms with Gasteiger partial charge in [-0.15, -0.1) is 6.42 Å². The predicted octanol–water partition coefficient (Wildman–Crippen LogP) is 6.00. The number of anilines is 1. The van der Waals surface area contributed by atoms with Crippen LogP contribution in [-0.4, -0.2) is 74.9 Å². The van der Waals surface area contributed by atoms with Crippen molar-refractivity contribution in [1.82, 2.24) is 25.2 Å². The highest BCUT2D eigenvalue weighted by Gasteiger charge is 2.53. The predicted molar refractivity (Wildman–Crippen MR) is 176 cm³/mol. The highest BCUT2D eigenvalue weighted by Crippen LogP contribution is 2.49. The summed E-state index contributed by atoms with van der Waals surface area (Å²) in [4.78, 5) is 18.6. The van der Waals surface area contributed by atoms with E-state index in [9.17, 15) is 13.9 Å². The van der Waals surface area contributed by atoms with Gasteiger partial charge in [-0.1, -0.05) is 12.0 Å². The van der Waals surface area contributed by atoms with Crippen LogP contribution in [-0.2, 0) is 0 Å². The molecule has 5 aliphatic rings. The van der Waals surface area contributed by atoms with Gasteiger partial charge in [0, 0.05) is 48.4 Å². The molecule has 4 saturated heterocycles. The lowest BCUT2D eigenvalue weighted by molar-refractivity contribution is 0.108. The standard InChI is InChI=1S/C37H35F3N6O2/c1-2-26-29(39)7-4-22-12-25(47)13-27(30(22)26)32-31(40)33-28(16-41-32)34(45-18-24-8-10-37(19-45,44-24)23-5-6-23)43-35(42-33)48-20-36-9-3-11-46(36)17-21(14-36)15-38/h1,4,7,12-13,15-16,23-24,44,47H,3,5-6,8-11,14,17-20H2/b21-15+/t24?,36-,37?/m0/s1. The Balaban J connectivity index is 1.19. The summed E-state index contributed by atoms with van der Waals surface area (Å²) in [6, 6.07) is 5.84. The zero-order chi connectivity index (χ0) is 32.8. The summed E-state index contributed by atoms with van der Waals surface area (Å²) in [6.07, 6.45) is 14.9. The van der Waals surface area contributed by atoms with Crippen molar-refractivity contribution in [1.29, 1.82) is 0 Å². The highest BCUT2D eigenvalue weighted by atomic mass is 19.1. The van der Waals surface area contributed by atoms with Gasteiger partial charge in [-0.25, -0.2) is 13.2 Å². The van der Waals surface area contributed by atoms with Gasteiger partial charge >= 0.3 is 6.01 Å². The first kappa shape index (κ1) is 29.7. The van der Waals surface area contributed by atoms with E-state index in [0.717, 1.165) is 44.3 Å². The molecule has 2 unspecified atom stereocenters. The van der Waals surface area contributed by atoms with Crippen LogP contribution in [0.1, 0.15) is 50.5 Å². The Hall–Kier alpha value is -4.40. The maximum Gasteiger partial charge on any atom is 0.319 e. The number of fused-ring (bicyclic) bond motifs is 5. The lowest BCUT2D eigenvalue weighted by Gasteiger charge is -2.42. The lowest BCUT2D eigenvalue weighted by atomic mass is 9.90. The number of ether oxygens (including phenoxy) is 1. The Morgan fingerprint density at radius 1 is 1.17 bits per heavy atom. The second kappa shape index (κ2) is 10.8. The fourth-order valence-corrected chi connectivity index (χ4v) is 9.08. The first-order valence-electron chi connectivity index (χ1n) is 16.8. The molecule has 246 valence electrons. The van der Waals surface area contributed by atoms with Crippen LogP contribution in [0.25, 0.3) is 32.9 Å². The van der Waals surface area contributed by atoms with Gasteiger partial charge in [0.05, 0.1) is 22.8 Å². The first-order valence-corrected chi connectivity index (χ1v) is 16.8. The highest BCUT2D eigenvalue weighted by molar-refractivity contribution is 6.03. The van der Waals surface area contributed by atoms with Crippen LogP contribution in [0.4, 0.5) is 19.0 Å². The second-order valence-electron chi connectivity index (χ2n) is 14.3. The van der Waals surface area contributed by atoms with Gasteiger partial charge in [0.25, 0.3) is 0 Å². The molecular weight excluding hydrogens is 617 g/mol. The minimum atomic E-state index is -0.751. The van der Waals surface area contributed by atoms with Crippen molar-refractivity contribution in [3.63, 3.8) is 0 Å². The van der Waals surface area contributed by atoms with Crippen LogP contribution in [0, 0.1) is 29.9 Å². The normalized spacial score (nSPS) is 27.7. The molecule has 2 bridgehead atoms. The summed E-state index contributed by atoms with van der Waals surface area (Å²) in [7, 11) is 0. The summed E-state index contributed by atoms with van der Waals surface area (Å²) >= 11 is 0. The van der Waals surface area contributed by atoms with E-state index in [1.165, 1.54) is 37.1 Å². The van der Waals surface area contributed by atoms with Gasteiger partial charge in [0.2, 0.25) is 0 Å². The number of rotatable bonds is 6. The molecule has 3 atom stereocenters. The van der Waals surface area contributed by atoms with E-state index in [2.05, 4.69) is 31.0 Å². The van der Waals surface area contributed by atoms with Crippen molar-refractivity contribution in [2.45, 2.75) is 62.1 Å². The molecule has 9 rings (SSSR count). The summed E-state index contributed by atoms with van der Waals surface area (Å²) < 4.78 is 51.8. The van der Waals surface area contributed by atoms with Crippen LogP contribution in [0.3, 0.4) is 0 Å². The summed E-state index contributed by atoms with van der Waals surface area (Å²) in [5.41, 5.74) is 0.372. The molecular formula is C37H35F3N6O2. The number of nitrogens with one attached hydrogen (secondary N) is 1. The molecule has 0 amide bonds. The monoisotopic (exact) mass is 652 g/mol. The number of aromatic hydroxyl groups is 1. The van der Waals surface area contributed by atoms with E-state index in [1.807, 2.05) is 0 Å². The maximum absolute atomic E-state index is 17.0. The molecule has 8 nitrogen and oxygen atoms in total. The van der Waals surface area contributed by atoms with Crippen LogP contribution in [0.15, 0.2) is 42.4 Å². The molecule has 2 aromatic heterocycles. The van der Waals surface area contributed by atoms with Crippen LogP contribution < -0.4 is 15.0 Å². The van der Waals surface area contributed by atoms with Crippen molar-refractivity contribution in [3.05, 3.63) is 59.6 Å². The van der Waals surface area contributed by atoms with E-state index in [1.54, 1.807) is 6.20 Å². The Morgan fingerprint density at radius 3 is 2.85 bits per heavy atom. The Labute approximate surface area is 276 Å². The van der Waals surface area contributed by atoms with Gasteiger partial charge in [-0.3, -0.25) is 9.88 Å². The van der Waals surface area contributed by atoms with Crippen molar-refractivity contribution in [3.8, 4) is 35.4 Å². The SMILES string of the molecule is C#Cc1c(F)ccc2cc(O)cc(-c3ncc4c(N5CC6CCC(C7CC7)(C5)N6)nc(OC[C@@]56CCCN5C/C(=C/F)C6)nc4c3F)c12. The number of hydrogen-bond acceptors (Lipinski definition) is 8. The number of piperazine rings is 1. The first-order chi connectivity index (χ1) is 23.3. The van der Waals surface area contributed by atoms with Crippen LogP contribution >= 0.6 is 0 Å². The average Bonchev–Trinajstić information content (AvgIpc) is 3.70. The van der Waals surface area contributed by atoms with Crippen molar-refractivity contribution < 1.29 is 23.0 Å². The molecule has 4 aromatic rings. The number of benzene rings is 2. The minimum Gasteiger partial charge on any atom is -0.508 e. The van der Waals surface area contributed by atoms with Gasteiger partial charge in [0.1, 0.15) is 35.2 Å². The largest absolute Gasteiger partial charge is 0.508 e. The number of phenols is 1. The van der Waals surface area contributed by atoms with Gasteiger partial charge in [0.15, 0.2) is 5.82 Å². The summed E-state index contributed by atoms with van der Waals surface area (Å²) in [5, 5.41) is 15.6. The number of pyridine rings is 1. The van der Waals surface area contributed by atoms with E-state index < -0.39 is 11.6 Å². The molecule has 2 N–H and O–H groups in total. The molecule has 0 spiro atoms. The molecule has 6 heterocycles. The number of phenolic OH excluding ortho intramolecular Hbond substituents is 1. The molecule has 48 heavy (non-hydrogen) atoms. The number of terminal acetylenes is 1. The third-order valence-corrected chi connectivity index (χ3v) is 11.4. The molecule has 1 saturated carbocycles. The van der Waals surface area contributed by atoms with Crippen molar-refractivity contribution >= 4 is 27.5 Å². The third kappa shape index (κ3) is 4.56. The molecule has 4 aliphatic heterocycles. The smallest absolute Gasteiger partial charge is 0.319 e. The molecule has 11 heteroatoms. The quantitative estimate of drug-likeness (QED) is 0.246. The van der Waals surface area contributed by atoms with Crippen molar-refractivity contribution in [2.75, 3.05) is 37.7 Å². The molecule has 0 radical (unpaired) electrons. The molecule has 1 aliphatic carbocycles. The van der Waals surface area contributed by atoms with E-state index in [0.29, 0.717) is 48.3 Å². The average molecular weight is 653 g/mol. The van der Waals surface area contributed by atoms with Gasteiger partial charge in [-0.05, 0) is 86.6 Å². The fraction of sp³-hybridized carbons (Fsp3) is 0.432. The number of halogens is 3. The maximum atomic E-state index is 17.0. The van der Waals surface area contributed by atoms with E-state index >= 15 is 4.39 Å². The van der Waals surface area contributed by atoms with Crippen LogP contribution in [0.5, 0.6) is 11.8 Å². The Morgan fingerprint density at radius 2 is 2.04 bits per heavy atom. The van der Waals surface area contributed by atoms with E-state index in [4.69, 9.17) is 16.1 Å². The lowest BCUT2D eigenvalue weighted by Crippen LogP contribution is -2.61. The zero-order valence-electron chi connectivity index (χ0n) is 26.4. The number of nitrogens with zero attached hydrogens (tertiary/aromatic N) is 5. The van der Waals surface area contributed by atoms with Gasteiger partial charge < -0.3 is 20.1 Å².